The van der Waals surface area contributed by atoms with Crippen molar-refractivity contribution < 1.29 is 24.2 Å². The number of ether oxygens (including phenoxy) is 2. The van der Waals surface area contributed by atoms with Crippen molar-refractivity contribution in [3.8, 4) is 0 Å². The number of nitrogens with one attached hydrogen (secondary N) is 1. The molecule has 2 heterocycles. The first-order valence-electron chi connectivity index (χ1n) is 7.15. The average Bonchev–Trinajstić information content (AvgIpc) is 2.86. The lowest BCUT2D eigenvalue weighted by molar-refractivity contribution is -0.112. The predicted octanol–water partition coefficient (Wildman–Crippen LogP) is 1.43. The maximum atomic E-state index is 11.8. The molecule has 3 rings (SSSR count). The van der Waals surface area contributed by atoms with Crippen LogP contribution in [-0.4, -0.2) is 53.5 Å². The second-order valence-electron chi connectivity index (χ2n) is 5.72. The Bertz CT molecular complexity index is 558. The van der Waals surface area contributed by atoms with Crippen LogP contribution in [0.5, 0.6) is 0 Å². The van der Waals surface area contributed by atoms with Gasteiger partial charge in [0.1, 0.15) is 6.61 Å². The summed E-state index contributed by atoms with van der Waals surface area (Å²) in [4.78, 5) is 24.5. The summed E-state index contributed by atoms with van der Waals surface area (Å²) in [5, 5.41) is 12.0. The minimum absolute atomic E-state index is 0.191. The van der Waals surface area contributed by atoms with Gasteiger partial charge in [-0.2, -0.15) is 0 Å². The van der Waals surface area contributed by atoms with Crippen LogP contribution >= 0.6 is 0 Å². The Hall–Kier alpha value is -2.28. The SMILES string of the molecule is O=C(NC1CN(C(=O)O)C2(COC2)C1)OCc1ccccc1. The van der Waals surface area contributed by atoms with Gasteiger partial charge in [0.15, 0.2) is 0 Å². The normalized spacial score (nSPS) is 22.2. The van der Waals surface area contributed by atoms with Crippen LogP contribution in [0.2, 0.25) is 0 Å². The van der Waals surface area contributed by atoms with Gasteiger partial charge in [-0.05, 0) is 12.0 Å². The third-order valence-corrected chi connectivity index (χ3v) is 4.11. The number of likely N-dealkylation sites (tertiary alicyclic amines) is 1. The maximum absolute atomic E-state index is 11.8. The maximum Gasteiger partial charge on any atom is 0.407 e. The Kier molecular flexibility index (Phi) is 3.89. The Balaban J connectivity index is 1.51. The van der Waals surface area contributed by atoms with Crippen LogP contribution in [0, 0.1) is 0 Å². The van der Waals surface area contributed by atoms with Gasteiger partial charge in [0, 0.05) is 6.54 Å². The molecule has 22 heavy (non-hydrogen) atoms. The smallest absolute Gasteiger partial charge is 0.407 e. The highest BCUT2D eigenvalue weighted by molar-refractivity contribution is 5.70. The third kappa shape index (κ3) is 2.85. The second-order valence-corrected chi connectivity index (χ2v) is 5.72. The number of amides is 2. The van der Waals surface area contributed by atoms with Crippen molar-refractivity contribution in [2.45, 2.75) is 24.6 Å². The highest BCUT2D eigenvalue weighted by Crippen LogP contribution is 2.36. The largest absolute Gasteiger partial charge is 0.465 e. The molecule has 0 aromatic heterocycles. The summed E-state index contributed by atoms with van der Waals surface area (Å²) in [7, 11) is 0. The summed E-state index contributed by atoms with van der Waals surface area (Å²) in [6.45, 7) is 1.22. The second kappa shape index (κ2) is 5.84. The van der Waals surface area contributed by atoms with E-state index in [0.29, 0.717) is 19.6 Å². The minimum Gasteiger partial charge on any atom is -0.465 e. The van der Waals surface area contributed by atoms with Crippen LogP contribution in [0.3, 0.4) is 0 Å². The monoisotopic (exact) mass is 306 g/mol. The van der Waals surface area contributed by atoms with Crippen LogP contribution in [0.1, 0.15) is 12.0 Å². The highest BCUT2D eigenvalue weighted by atomic mass is 16.5. The molecule has 2 amide bonds. The van der Waals surface area contributed by atoms with Gasteiger partial charge in [0.2, 0.25) is 0 Å². The number of hydrogen-bond acceptors (Lipinski definition) is 4. The number of carbonyl (C=O) groups is 2. The van der Waals surface area contributed by atoms with Gasteiger partial charge in [-0.1, -0.05) is 30.3 Å². The van der Waals surface area contributed by atoms with Gasteiger partial charge in [0.25, 0.3) is 0 Å². The van der Waals surface area contributed by atoms with Crippen LogP contribution in [-0.2, 0) is 16.1 Å². The summed E-state index contributed by atoms with van der Waals surface area (Å²) in [6.07, 6.45) is -0.957. The van der Waals surface area contributed by atoms with E-state index in [-0.39, 0.29) is 19.2 Å². The van der Waals surface area contributed by atoms with Crippen molar-refractivity contribution in [1.82, 2.24) is 10.2 Å². The summed E-state index contributed by atoms with van der Waals surface area (Å²) in [5.41, 5.74) is 0.420. The first-order valence-corrected chi connectivity index (χ1v) is 7.15. The van der Waals surface area contributed by atoms with Crippen molar-refractivity contribution in [3.63, 3.8) is 0 Å². The van der Waals surface area contributed by atoms with Gasteiger partial charge in [-0.15, -0.1) is 0 Å². The van der Waals surface area contributed by atoms with Crippen LogP contribution in [0.15, 0.2) is 30.3 Å². The van der Waals surface area contributed by atoms with Gasteiger partial charge < -0.3 is 19.9 Å². The number of rotatable bonds is 3. The first-order chi connectivity index (χ1) is 10.6. The summed E-state index contributed by atoms with van der Waals surface area (Å²) in [6, 6.07) is 9.13. The van der Waals surface area contributed by atoms with E-state index in [1.54, 1.807) is 0 Å². The molecule has 1 aromatic carbocycles. The molecule has 0 saturated carbocycles. The van der Waals surface area contributed by atoms with Crippen molar-refractivity contribution in [1.29, 1.82) is 0 Å². The molecule has 2 N–H and O–H groups in total. The molecular weight excluding hydrogens is 288 g/mol. The number of carbonyl (C=O) groups excluding carboxylic acids is 1. The molecule has 1 spiro atoms. The molecule has 0 aliphatic carbocycles. The Labute approximate surface area is 127 Å². The standard InChI is InChI=1S/C15H18N2O5/c18-13(22-8-11-4-2-1-3-5-11)16-12-6-15(9-21-10-15)17(7-12)14(19)20/h1-5,12H,6-10H2,(H,16,18)(H,19,20). The van der Waals surface area contributed by atoms with E-state index in [1.165, 1.54) is 4.90 Å². The average molecular weight is 306 g/mol. The summed E-state index contributed by atoms with van der Waals surface area (Å²) in [5.74, 6) is 0. The highest BCUT2D eigenvalue weighted by Gasteiger charge is 2.53. The number of nitrogens with zero attached hydrogens (tertiary/aromatic N) is 1. The van der Waals surface area contributed by atoms with Crippen LogP contribution in [0.4, 0.5) is 9.59 Å². The summed E-state index contributed by atoms with van der Waals surface area (Å²) < 4.78 is 10.3. The van der Waals surface area contributed by atoms with E-state index >= 15 is 0 Å². The molecule has 0 radical (unpaired) electrons. The molecule has 118 valence electrons. The van der Waals surface area contributed by atoms with E-state index in [9.17, 15) is 14.7 Å². The Morgan fingerprint density at radius 2 is 2.09 bits per heavy atom. The minimum atomic E-state index is -0.981. The van der Waals surface area contributed by atoms with Gasteiger partial charge in [-0.3, -0.25) is 4.90 Å². The lowest BCUT2D eigenvalue weighted by Crippen LogP contribution is -2.60. The summed E-state index contributed by atoms with van der Waals surface area (Å²) >= 11 is 0. The molecule has 2 aliphatic rings. The predicted molar refractivity (Wildman–Crippen MR) is 76.4 cm³/mol. The zero-order valence-corrected chi connectivity index (χ0v) is 12.0. The molecule has 1 atom stereocenters. The third-order valence-electron chi connectivity index (χ3n) is 4.11. The lowest BCUT2D eigenvalue weighted by atomic mass is 9.93. The van der Waals surface area contributed by atoms with Crippen molar-refractivity contribution in [2.75, 3.05) is 19.8 Å². The fourth-order valence-corrected chi connectivity index (χ4v) is 2.97. The quantitative estimate of drug-likeness (QED) is 0.882. The molecule has 2 saturated heterocycles. The van der Waals surface area contributed by atoms with E-state index in [4.69, 9.17) is 9.47 Å². The molecule has 2 aliphatic heterocycles. The number of alkyl carbamates (subject to hydrolysis) is 1. The Morgan fingerprint density at radius 3 is 2.64 bits per heavy atom. The topological polar surface area (TPSA) is 88.1 Å². The van der Waals surface area contributed by atoms with Gasteiger partial charge >= 0.3 is 12.2 Å². The van der Waals surface area contributed by atoms with Gasteiger partial charge in [-0.25, -0.2) is 9.59 Å². The zero-order chi connectivity index (χ0) is 15.6. The molecule has 0 bridgehead atoms. The van der Waals surface area contributed by atoms with Crippen LogP contribution in [0.25, 0.3) is 0 Å². The molecule has 1 aromatic rings. The lowest BCUT2D eigenvalue weighted by Gasteiger charge is -2.43. The van der Waals surface area contributed by atoms with Crippen molar-refractivity contribution in [2.24, 2.45) is 0 Å². The number of benzene rings is 1. The fourth-order valence-electron chi connectivity index (χ4n) is 2.97. The number of carboxylic acid groups (broad SMARTS) is 1. The van der Waals surface area contributed by atoms with Crippen molar-refractivity contribution in [3.05, 3.63) is 35.9 Å². The van der Waals surface area contributed by atoms with Crippen molar-refractivity contribution >= 4 is 12.2 Å². The van der Waals surface area contributed by atoms with Gasteiger partial charge in [0.05, 0.1) is 24.8 Å². The van der Waals surface area contributed by atoms with Crippen LogP contribution < -0.4 is 5.32 Å². The van der Waals surface area contributed by atoms with E-state index in [2.05, 4.69) is 5.32 Å². The molecule has 1 unspecified atom stereocenters. The molecule has 7 nitrogen and oxygen atoms in total. The first kappa shape index (κ1) is 14.6. The Morgan fingerprint density at radius 1 is 1.36 bits per heavy atom. The van der Waals surface area contributed by atoms with E-state index in [1.807, 2.05) is 30.3 Å². The molecular formula is C15H18N2O5. The molecule has 7 heteroatoms. The van der Waals surface area contributed by atoms with E-state index < -0.39 is 17.7 Å². The van der Waals surface area contributed by atoms with E-state index in [0.717, 1.165) is 5.56 Å². The molecule has 2 fully saturated rings. The fraction of sp³-hybridized carbons (Fsp3) is 0.467. The number of hydrogen-bond donors (Lipinski definition) is 2. The zero-order valence-electron chi connectivity index (χ0n) is 12.0.